The van der Waals surface area contributed by atoms with Gasteiger partial charge < -0.3 is 4.90 Å². The van der Waals surface area contributed by atoms with E-state index in [9.17, 15) is 5.26 Å². The Hall–Kier alpha value is -1.37. The Labute approximate surface area is 117 Å². The molecule has 19 heavy (non-hydrogen) atoms. The van der Waals surface area contributed by atoms with Crippen LogP contribution in [0.4, 0.5) is 0 Å². The zero-order valence-corrected chi connectivity index (χ0v) is 12.5. The first-order chi connectivity index (χ1) is 9.07. The number of likely N-dealkylation sites (N-methyl/N-ethyl adjacent to an activating group) is 2. The predicted octanol–water partition coefficient (Wildman–Crippen LogP) is 2.60. The molecule has 0 radical (unpaired) electrons. The van der Waals surface area contributed by atoms with Crippen LogP contribution in [0.5, 0.6) is 0 Å². The van der Waals surface area contributed by atoms with Crippen molar-refractivity contribution in [1.29, 1.82) is 5.26 Å². The van der Waals surface area contributed by atoms with Crippen molar-refractivity contribution in [3.05, 3.63) is 35.9 Å². The summed E-state index contributed by atoms with van der Waals surface area (Å²) < 4.78 is 0. The Morgan fingerprint density at radius 3 is 2.37 bits per heavy atom. The summed E-state index contributed by atoms with van der Waals surface area (Å²) in [5.74, 6) is 0.601. The first-order valence-corrected chi connectivity index (χ1v) is 6.96. The van der Waals surface area contributed by atoms with Gasteiger partial charge in [-0.05, 0) is 25.1 Å². The van der Waals surface area contributed by atoms with Crippen LogP contribution in [0.25, 0.3) is 0 Å². The molecule has 0 aliphatic heterocycles. The topological polar surface area (TPSA) is 39.1 Å². The minimum atomic E-state index is -0.633. The molecule has 1 aromatic carbocycles. The normalized spacial score (nSPS) is 14.4. The molecule has 1 rings (SSSR count). The Kier molecular flexibility index (Phi) is 6.01. The number of nitriles is 1. The van der Waals surface area contributed by atoms with Crippen molar-refractivity contribution >= 4 is 0 Å². The molecule has 0 saturated carbocycles. The first kappa shape index (κ1) is 15.7. The zero-order valence-electron chi connectivity index (χ0n) is 12.5. The summed E-state index contributed by atoms with van der Waals surface area (Å²) in [5.41, 5.74) is 0.397. The molecule has 0 heterocycles. The minimum Gasteiger partial charge on any atom is -0.300 e. The van der Waals surface area contributed by atoms with Crippen molar-refractivity contribution in [2.75, 3.05) is 26.7 Å². The molecule has 0 aromatic heterocycles. The quantitative estimate of drug-likeness (QED) is 0.818. The highest BCUT2D eigenvalue weighted by Crippen LogP contribution is 2.21. The number of nitrogens with zero attached hydrogens (tertiary/aromatic N) is 2. The van der Waals surface area contributed by atoms with Gasteiger partial charge in [0.25, 0.3) is 0 Å². The molecule has 3 nitrogen and oxygen atoms in total. The lowest BCUT2D eigenvalue weighted by atomic mass is 9.90. The third kappa shape index (κ3) is 4.05. The van der Waals surface area contributed by atoms with Crippen molar-refractivity contribution in [2.45, 2.75) is 26.3 Å². The van der Waals surface area contributed by atoms with Crippen LogP contribution in [0.2, 0.25) is 0 Å². The Bertz CT molecular complexity index is 408. The number of nitrogens with one attached hydrogen (secondary N) is 1. The minimum absolute atomic E-state index is 0.601. The lowest BCUT2D eigenvalue weighted by Crippen LogP contribution is -2.49. The number of hydrogen-bond acceptors (Lipinski definition) is 3. The van der Waals surface area contributed by atoms with Gasteiger partial charge in [0, 0.05) is 13.1 Å². The summed E-state index contributed by atoms with van der Waals surface area (Å²) in [6, 6.07) is 12.4. The highest BCUT2D eigenvalue weighted by molar-refractivity contribution is 5.31. The van der Waals surface area contributed by atoms with Gasteiger partial charge in [-0.25, -0.2) is 0 Å². The molecular weight excluding hydrogens is 234 g/mol. The van der Waals surface area contributed by atoms with Crippen molar-refractivity contribution < 1.29 is 0 Å². The fraction of sp³-hybridized carbons (Fsp3) is 0.562. The summed E-state index contributed by atoms with van der Waals surface area (Å²) in [7, 11) is 1.86. The van der Waals surface area contributed by atoms with Crippen LogP contribution >= 0.6 is 0 Å². The van der Waals surface area contributed by atoms with Crippen LogP contribution in [-0.4, -0.2) is 31.6 Å². The first-order valence-electron chi connectivity index (χ1n) is 6.96. The zero-order chi connectivity index (χ0) is 14.3. The van der Waals surface area contributed by atoms with Gasteiger partial charge in [-0.2, -0.15) is 5.26 Å². The summed E-state index contributed by atoms with van der Waals surface area (Å²) in [6.45, 7) is 9.23. The predicted molar refractivity (Wildman–Crippen MR) is 79.7 cm³/mol. The van der Waals surface area contributed by atoms with Crippen LogP contribution in [0.1, 0.15) is 26.3 Å². The van der Waals surface area contributed by atoms with Crippen LogP contribution in [-0.2, 0) is 5.54 Å². The van der Waals surface area contributed by atoms with E-state index >= 15 is 0 Å². The summed E-state index contributed by atoms with van der Waals surface area (Å²) in [6.07, 6.45) is 0. The van der Waals surface area contributed by atoms with E-state index in [0.29, 0.717) is 12.5 Å². The average molecular weight is 259 g/mol. The number of rotatable bonds is 7. The van der Waals surface area contributed by atoms with E-state index in [0.717, 1.165) is 18.7 Å². The van der Waals surface area contributed by atoms with Crippen LogP contribution in [0, 0.1) is 17.2 Å². The SMILES string of the molecule is CCN(CC(C)C)CC(C#N)(NC)c1ccccc1. The molecule has 1 unspecified atom stereocenters. The monoisotopic (exact) mass is 259 g/mol. The van der Waals surface area contributed by atoms with E-state index in [2.05, 4.69) is 37.1 Å². The van der Waals surface area contributed by atoms with Crippen LogP contribution < -0.4 is 5.32 Å². The van der Waals surface area contributed by atoms with E-state index < -0.39 is 5.54 Å². The highest BCUT2D eigenvalue weighted by Gasteiger charge is 2.32. The molecule has 0 fully saturated rings. The largest absolute Gasteiger partial charge is 0.300 e. The van der Waals surface area contributed by atoms with Gasteiger partial charge in [0.2, 0.25) is 0 Å². The third-order valence-electron chi connectivity index (χ3n) is 3.42. The fourth-order valence-electron chi connectivity index (χ4n) is 2.35. The molecule has 0 spiro atoms. The van der Waals surface area contributed by atoms with E-state index in [1.165, 1.54) is 0 Å². The maximum Gasteiger partial charge on any atom is 0.144 e. The van der Waals surface area contributed by atoms with E-state index in [4.69, 9.17) is 0 Å². The van der Waals surface area contributed by atoms with Gasteiger partial charge in [0.15, 0.2) is 0 Å². The maximum atomic E-state index is 9.67. The molecule has 104 valence electrons. The van der Waals surface area contributed by atoms with Crippen molar-refractivity contribution in [3.63, 3.8) is 0 Å². The molecule has 0 aliphatic carbocycles. The average Bonchev–Trinajstić information content (AvgIpc) is 2.44. The van der Waals surface area contributed by atoms with E-state index in [-0.39, 0.29) is 0 Å². The lowest BCUT2D eigenvalue weighted by Gasteiger charge is -2.33. The Morgan fingerprint density at radius 1 is 1.32 bits per heavy atom. The van der Waals surface area contributed by atoms with Crippen molar-refractivity contribution in [3.8, 4) is 6.07 Å². The Balaban J connectivity index is 2.97. The van der Waals surface area contributed by atoms with E-state index in [1.54, 1.807) is 0 Å². The molecule has 1 aromatic rings. The van der Waals surface area contributed by atoms with Gasteiger partial charge in [-0.1, -0.05) is 51.1 Å². The number of benzene rings is 1. The summed E-state index contributed by atoms with van der Waals surface area (Å²) in [5, 5.41) is 12.9. The van der Waals surface area contributed by atoms with Crippen molar-refractivity contribution in [2.24, 2.45) is 5.92 Å². The van der Waals surface area contributed by atoms with Crippen LogP contribution in [0.15, 0.2) is 30.3 Å². The van der Waals surface area contributed by atoms with E-state index in [1.807, 2.05) is 37.4 Å². The summed E-state index contributed by atoms with van der Waals surface area (Å²) >= 11 is 0. The maximum absolute atomic E-state index is 9.67. The standard InChI is InChI=1S/C16H25N3/c1-5-19(11-14(2)3)13-16(12-17,18-4)15-9-7-6-8-10-15/h6-10,14,18H,5,11,13H2,1-4H3. The van der Waals surface area contributed by atoms with Gasteiger partial charge in [-0.3, -0.25) is 5.32 Å². The van der Waals surface area contributed by atoms with Crippen molar-refractivity contribution in [1.82, 2.24) is 10.2 Å². The lowest BCUT2D eigenvalue weighted by molar-refractivity contribution is 0.205. The third-order valence-corrected chi connectivity index (χ3v) is 3.42. The molecule has 1 N–H and O–H groups in total. The van der Waals surface area contributed by atoms with Crippen LogP contribution in [0.3, 0.4) is 0 Å². The second-order valence-electron chi connectivity index (χ2n) is 5.35. The Morgan fingerprint density at radius 2 is 1.95 bits per heavy atom. The number of hydrogen-bond donors (Lipinski definition) is 1. The van der Waals surface area contributed by atoms with Gasteiger partial charge in [0.05, 0.1) is 6.07 Å². The summed E-state index contributed by atoms with van der Waals surface area (Å²) in [4.78, 5) is 2.33. The molecule has 3 heteroatoms. The molecule has 0 saturated heterocycles. The van der Waals surface area contributed by atoms with Gasteiger partial charge >= 0.3 is 0 Å². The highest BCUT2D eigenvalue weighted by atomic mass is 15.2. The van der Waals surface area contributed by atoms with Gasteiger partial charge in [0.1, 0.15) is 5.54 Å². The fourth-order valence-corrected chi connectivity index (χ4v) is 2.35. The molecule has 1 atom stereocenters. The second kappa shape index (κ2) is 7.28. The molecule has 0 bridgehead atoms. The molecule has 0 aliphatic rings. The smallest absolute Gasteiger partial charge is 0.144 e. The second-order valence-corrected chi connectivity index (χ2v) is 5.35. The molecular formula is C16H25N3. The molecule has 0 amide bonds. The van der Waals surface area contributed by atoms with Gasteiger partial charge in [-0.15, -0.1) is 0 Å².